The first-order valence-corrected chi connectivity index (χ1v) is 2.73. The van der Waals surface area contributed by atoms with Crippen LogP contribution in [0.5, 0.6) is 0 Å². The summed E-state index contributed by atoms with van der Waals surface area (Å²) in [5, 5.41) is 15.8. The van der Waals surface area contributed by atoms with Crippen LogP contribution in [0, 0.1) is 0 Å². The molecule has 0 bridgehead atoms. The molecule has 10 heavy (non-hydrogen) atoms. The molecule has 0 amide bonds. The summed E-state index contributed by atoms with van der Waals surface area (Å²) in [5.41, 5.74) is 0. The fraction of sp³-hybridized carbons (Fsp3) is 0.600. The van der Waals surface area contributed by atoms with E-state index in [1.54, 1.807) is 0 Å². The van der Waals surface area contributed by atoms with Crippen molar-refractivity contribution in [1.82, 2.24) is 0 Å². The molecule has 0 aliphatic carbocycles. The molecule has 0 aromatic heterocycles. The van der Waals surface area contributed by atoms with Crippen molar-refractivity contribution >= 4 is 11.9 Å². The van der Waals surface area contributed by atoms with Crippen molar-refractivity contribution < 1.29 is 24.8 Å². The third-order valence-electron chi connectivity index (χ3n) is 0.873. The lowest BCUT2D eigenvalue weighted by Gasteiger charge is -1.92. The summed E-state index contributed by atoms with van der Waals surface area (Å²) < 4.78 is 0. The van der Waals surface area contributed by atoms with Gasteiger partial charge in [0, 0.05) is 12.8 Å². The summed E-state index contributed by atoms with van der Waals surface area (Å²) in [6.07, 6.45) is 0.0344. The van der Waals surface area contributed by atoms with E-state index in [2.05, 4.69) is 4.89 Å². The van der Waals surface area contributed by atoms with E-state index in [4.69, 9.17) is 10.4 Å². The number of carboxylic acids is 1. The fourth-order valence-electron chi connectivity index (χ4n) is 0.430. The Morgan fingerprint density at radius 3 is 2.30 bits per heavy atom. The predicted octanol–water partition coefficient (Wildman–Crippen LogP) is 0.258. The molecule has 58 valence electrons. The van der Waals surface area contributed by atoms with Crippen LogP contribution >= 0.6 is 0 Å². The minimum atomic E-state index is -0.967. The zero-order chi connectivity index (χ0) is 7.98. The SMILES string of the molecule is O=C(O)CCCC(=O)OO. The average molecular weight is 148 g/mol. The van der Waals surface area contributed by atoms with Crippen molar-refractivity contribution in [3.8, 4) is 0 Å². The average Bonchev–Trinajstić information content (AvgIpc) is 1.87. The third-order valence-corrected chi connectivity index (χ3v) is 0.873. The van der Waals surface area contributed by atoms with E-state index in [0.29, 0.717) is 0 Å². The molecule has 0 fully saturated rings. The minimum absolute atomic E-state index is 0.0667. The maximum absolute atomic E-state index is 10.1. The first-order chi connectivity index (χ1) is 4.66. The van der Waals surface area contributed by atoms with Gasteiger partial charge in [0.05, 0.1) is 0 Å². The van der Waals surface area contributed by atoms with Gasteiger partial charge >= 0.3 is 11.9 Å². The molecule has 0 saturated carbocycles. The van der Waals surface area contributed by atoms with Crippen molar-refractivity contribution in [3.05, 3.63) is 0 Å². The summed E-state index contributed by atoms with van der Waals surface area (Å²) in [4.78, 5) is 23.3. The molecule has 0 saturated heterocycles. The Hall–Kier alpha value is -1.10. The van der Waals surface area contributed by atoms with Crippen molar-refractivity contribution in [2.24, 2.45) is 0 Å². The zero-order valence-electron chi connectivity index (χ0n) is 5.24. The predicted molar refractivity (Wildman–Crippen MR) is 30.2 cm³/mol. The minimum Gasteiger partial charge on any atom is -0.481 e. The number of rotatable bonds is 4. The molecule has 0 atom stereocenters. The Kier molecular flexibility index (Phi) is 4.23. The summed E-state index contributed by atoms with van der Waals surface area (Å²) in [5.74, 6) is -1.77. The lowest BCUT2D eigenvalue weighted by molar-refractivity contribution is -0.234. The molecule has 0 radical (unpaired) electrons. The first-order valence-electron chi connectivity index (χ1n) is 2.73. The number of aliphatic carboxylic acids is 1. The standard InChI is InChI=1S/C5H8O5/c6-4(7)2-1-3-5(8)10-9/h9H,1-3H2,(H,6,7). The maximum Gasteiger partial charge on any atom is 0.342 e. The monoisotopic (exact) mass is 148 g/mol. The van der Waals surface area contributed by atoms with Crippen LogP contribution in [0.4, 0.5) is 0 Å². The molecule has 5 nitrogen and oxygen atoms in total. The van der Waals surface area contributed by atoms with Crippen LogP contribution in [-0.2, 0) is 14.5 Å². The maximum atomic E-state index is 10.1. The van der Waals surface area contributed by atoms with E-state index >= 15 is 0 Å². The van der Waals surface area contributed by atoms with Crippen LogP contribution in [0.1, 0.15) is 19.3 Å². The number of carbonyl (C=O) groups excluding carboxylic acids is 1. The molecule has 0 aliphatic heterocycles. The Labute approximate surface area is 57.2 Å². The second-order valence-electron chi connectivity index (χ2n) is 1.71. The van der Waals surface area contributed by atoms with Gasteiger partial charge < -0.3 is 9.99 Å². The van der Waals surface area contributed by atoms with Crippen molar-refractivity contribution in [1.29, 1.82) is 0 Å². The molecule has 2 N–H and O–H groups in total. The number of carboxylic acid groups (broad SMARTS) is 1. The van der Waals surface area contributed by atoms with Gasteiger partial charge in [-0.25, -0.2) is 4.79 Å². The van der Waals surface area contributed by atoms with Crippen molar-refractivity contribution in [2.45, 2.75) is 19.3 Å². The zero-order valence-corrected chi connectivity index (χ0v) is 5.24. The highest BCUT2D eigenvalue weighted by molar-refractivity contribution is 5.70. The Morgan fingerprint density at radius 1 is 1.30 bits per heavy atom. The van der Waals surface area contributed by atoms with Crippen LogP contribution in [0.25, 0.3) is 0 Å². The molecule has 0 heterocycles. The largest absolute Gasteiger partial charge is 0.481 e. The molecule has 0 aromatic carbocycles. The topological polar surface area (TPSA) is 83.8 Å². The lowest BCUT2D eigenvalue weighted by atomic mass is 10.2. The number of hydrogen-bond acceptors (Lipinski definition) is 4. The van der Waals surface area contributed by atoms with E-state index in [1.807, 2.05) is 0 Å². The van der Waals surface area contributed by atoms with Gasteiger partial charge in [-0.1, -0.05) is 0 Å². The summed E-state index contributed by atoms with van der Waals surface area (Å²) in [6, 6.07) is 0. The Bertz CT molecular complexity index is 130. The van der Waals surface area contributed by atoms with Gasteiger partial charge in [0.15, 0.2) is 0 Å². The van der Waals surface area contributed by atoms with Gasteiger partial charge in [-0.15, -0.1) is 0 Å². The van der Waals surface area contributed by atoms with E-state index in [9.17, 15) is 9.59 Å². The second-order valence-corrected chi connectivity index (χ2v) is 1.71. The molecule has 5 heteroatoms. The van der Waals surface area contributed by atoms with E-state index in [-0.39, 0.29) is 19.3 Å². The van der Waals surface area contributed by atoms with Crippen LogP contribution < -0.4 is 0 Å². The molecule has 0 rings (SSSR count). The van der Waals surface area contributed by atoms with Gasteiger partial charge in [0.2, 0.25) is 0 Å². The molecular weight excluding hydrogens is 140 g/mol. The Morgan fingerprint density at radius 2 is 1.90 bits per heavy atom. The molecule has 0 unspecified atom stereocenters. The van der Waals surface area contributed by atoms with Crippen LogP contribution in [-0.4, -0.2) is 22.3 Å². The molecule has 0 aliphatic rings. The second kappa shape index (κ2) is 4.75. The van der Waals surface area contributed by atoms with Crippen molar-refractivity contribution in [3.63, 3.8) is 0 Å². The normalized spacial score (nSPS) is 8.90. The van der Waals surface area contributed by atoms with Crippen LogP contribution in [0.2, 0.25) is 0 Å². The third kappa shape index (κ3) is 5.04. The molecule has 0 aromatic rings. The first kappa shape index (κ1) is 8.90. The lowest BCUT2D eigenvalue weighted by Crippen LogP contribution is -2.02. The van der Waals surface area contributed by atoms with Gasteiger partial charge in [-0.05, 0) is 6.42 Å². The van der Waals surface area contributed by atoms with Gasteiger partial charge in [-0.3, -0.25) is 4.79 Å². The summed E-state index contributed by atoms with van der Waals surface area (Å²) in [7, 11) is 0. The highest BCUT2D eigenvalue weighted by atomic mass is 17.1. The number of carbonyl (C=O) groups is 2. The van der Waals surface area contributed by atoms with Crippen LogP contribution in [0.15, 0.2) is 0 Å². The quantitative estimate of drug-likeness (QED) is 0.441. The highest BCUT2D eigenvalue weighted by Crippen LogP contribution is 1.95. The summed E-state index contributed by atoms with van der Waals surface area (Å²) >= 11 is 0. The number of hydrogen-bond donors (Lipinski definition) is 2. The highest BCUT2D eigenvalue weighted by Gasteiger charge is 2.03. The fourth-order valence-corrected chi connectivity index (χ4v) is 0.430. The van der Waals surface area contributed by atoms with E-state index < -0.39 is 11.9 Å². The van der Waals surface area contributed by atoms with E-state index in [0.717, 1.165) is 0 Å². The molecular formula is C5H8O5. The van der Waals surface area contributed by atoms with Crippen molar-refractivity contribution in [2.75, 3.05) is 0 Å². The molecule has 0 spiro atoms. The van der Waals surface area contributed by atoms with Crippen LogP contribution in [0.3, 0.4) is 0 Å². The van der Waals surface area contributed by atoms with Gasteiger partial charge in [0.25, 0.3) is 0 Å². The van der Waals surface area contributed by atoms with Gasteiger partial charge in [0.1, 0.15) is 0 Å². The van der Waals surface area contributed by atoms with E-state index in [1.165, 1.54) is 0 Å². The summed E-state index contributed by atoms with van der Waals surface area (Å²) in [6.45, 7) is 0. The van der Waals surface area contributed by atoms with Gasteiger partial charge in [-0.2, -0.15) is 5.26 Å². The smallest absolute Gasteiger partial charge is 0.342 e. The Balaban J connectivity index is 3.20.